The van der Waals surface area contributed by atoms with Gasteiger partial charge in [-0.25, -0.2) is 0 Å². The zero-order valence-electron chi connectivity index (χ0n) is 10.3. The van der Waals surface area contributed by atoms with E-state index in [-0.39, 0.29) is 6.04 Å². The van der Waals surface area contributed by atoms with Crippen LogP contribution in [0, 0.1) is 0 Å². The summed E-state index contributed by atoms with van der Waals surface area (Å²) in [4.78, 5) is 4.00. The number of nitrogens with two attached hydrogens (primary N) is 1. The van der Waals surface area contributed by atoms with Crippen molar-refractivity contribution in [3.63, 3.8) is 0 Å². The molecule has 2 aromatic rings. The van der Waals surface area contributed by atoms with E-state index < -0.39 is 0 Å². The van der Waals surface area contributed by atoms with Crippen LogP contribution in [0.1, 0.15) is 11.1 Å². The van der Waals surface area contributed by atoms with Crippen molar-refractivity contribution in [1.82, 2.24) is 10.4 Å². The average molecular weight is 296 g/mol. The number of benzene rings is 1. The Balaban J connectivity index is 2.09. The van der Waals surface area contributed by atoms with Gasteiger partial charge >= 0.3 is 0 Å². The minimum atomic E-state index is 0.0957. The minimum Gasteiger partial charge on any atom is -0.271 e. The van der Waals surface area contributed by atoms with E-state index in [1.165, 1.54) is 5.56 Å². The number of halogens is 2. The van der Waals surface area contributed by atoms with Crippen LogP contribution in [0.4, 0.5) is 0 Å². The Morgan fingerprint density at radius 1 is 1.11 bits per heavy atom. The van der Waals surface area contributed by atoms with Crippen molar-refractivity contribution in [3.8, 4) is 0 Å². The van der Waals surface area contributed by atoms with Gasteiger partial charge in [-0.1, -0.05) is 23.2 Å². The van der Waals surface area contributed by atoms with Crippen LogP contribution in [-0.2, 0) is 12.8 Å². The third-order valence-corrected chi connectivity index (χ3v) is 3.55. The van der Waals surface area contributed by atoms with Crippen LogP contribution < -0.4 is 11.3 Å². The molecule has 3 N–H and O–H groups in total. The highest BCUT2D eigenvalue weighted by atomic mass is 35.5. The van der Waals surface area contributed by atoms with E-state index >= 15 is 0 Å². The highest BCUT2D eigenvalue weighted by Gasteiger charge is 2.11. The van der Waals surface area contributed by atoms with Gasteiger partial charge in [0.05, 0.1) is 0 Å². The number of hydrazine groups is 1. The molecule has 100 valence electrons. The maximum Gasteiger partial charge on any atom is 0.0439 e. The maximum atomic E-state index is 6.16. The lowest BCUT2D eigenvalue weighted by atomic mass is 10.00. The summed E-state index contributed by atoms with van der Waals surface area (Å²) in [5.41, 5.74) is 4.99. The van der Waals surface area contributed by atoms with Gasteiger partial charge < -0.3 is 0 Å². The van der Waals surface area contributed by atoms with Gasteiger partial charge in [0.15, 0.2) is 0 Å². The molecule has 0 saturated heterocycles. The maximum absolute atomic E-state index is 6.16. The zero-order valence-corrected chi connectivity index (χ0v) is 11.8. The molecule has 0 aliphatic carbocycles. The molecule has 1 unspecified atom stereocenters. The van der Waals surface area contributed by atoms with Crippen molar-refractivity contribution in [3.05, 3.63) is 63.9 Å². The lowest BCUT2D eigenvalue weighted by Crippen LogP contribution is -2.38. The monoisotopic (exact) mass is 295 g/mol. The molecule has 1 aromatic carbocycles. The second kappa shape index (κ2) is 6.87. The van der Waals surface area contributed by atoms with Crippen molar-refractivity contribution in [2.24, 2.45) is 5.84 Å². The van der Waals surface area contributed by atoms with Crippen LogP contribution in [0.25, 0.3) is 0 Å². The van der Waals surface area contributed by atoms with Crippen LogP contribution in [0.15, 0.2) is 42.7 Å². The fourth-order valence-corrected chi connectivity index (χ4v) is 2.35. The van der Waals surface area contributed by atoms with E-state index in [1.54, 1.807) is 24.5 Å². The van der Waals surface area contributed by atoms with Gasteiger partial charge in [-0.2, -0.15) is 0 Å². The topological polar surface area (TPSA) is 50.9 Å². The molecule has 19 heavy (non-hydrogen) atoms. The molecule has 2 rings (SSSR count). The molecular weight excluding hydrogens is 281 g/mol. The molecule has 1 atom stereocenters. The first-order valence-corrected chi connectivity index (χ1v) is 6.73. The van der Waals surface area contributed by atoms with E-state index in [4.69, 9.17) is 29.0 Å². The highest BCUT2D eigenvalue weighted by Crippen LogP contribution is 2.22. The summed E-state index contributed by atoms with van der Waals surface area (Å²) in [5.74, 6) is 5.61. The first-order chi connectivity index (χ1) is 9.19. The first-order valence-electron chi connectivity index (χ1n) is 5.98. The Morgan fingerprint density at radius 2 is 1.84 bits per heavy atom. The quantitative estimate of drug-likeness (QED) is 0.658. The molecule has 0 radical (unpaired) electrons. The van der Waals surface area contributed by atoms with Gasteiger partial charge in [-0.05, 0) is 54.3 Å². The summed E-state index contributed by atoms with van der Waals surface area (Å²) in [7, 11) is 0. The van der Waals surface area contributed by atoms with Gasteiger partial charge in [-0.3, -0.25) is 16.3 Å². The van der Waals surface area contributed by atoms with E-state index in [0.717, 1.165) is 18.4 Å². The predicted octanol–water partition coefficient (Wildman–Crippen LogP) is 3.01. The Bertz CT molecular complexity index is 531. The molecule has 1 aromatic heterocycles. The van der Waals surface area contributed by atoms with Gasteiger partial charge in [0.1, 0.15) is 0 Å². The van der Waals surface area contributed by atoms with E-state index in [2.05, 4.69) is 10.4 Å². The number of hydrogen-bond donors (Lipinski definition) is 2. The van der Waals surface area contributed by atoms with Crippen molar-refractivity contribution in [2.45, 2.75) is 18.9 Å². The van der Waals surface area contributed by atoms with Gasteiger partial charge in [0, 0.05) is 28.5 Å². The van der Waals surface area contributed by atoms with Gasteiger partial charge in [0.25, 0.3) is 0 Å². The fraction of sp³-hybridized carbons (Fsp3) is 0.214. The lowest BCUT2D eigenvalue weighted by Gasteiger charge is -2.17. The van der Waals surface area contributed by atoms with Crippen LogP contribution in [0.3, 0.4) is 0 Å². The number of pyridine rings is 1. The number of nitrogens with zero attached hydrogens (tertiary/aromatic N) is 1. The molecule has 0 saturated carbocycles. The van der Waals surface area contributed by atoms with Crippen LogP contribution in [0.2, 0.25) is 10.0 Å². The molecule has 0 amide bonds. The molecule has 0 bridgehead atoms. The van der Waals surface area contributed by atoms with Crippen molar-refractivity contribution in [2.75, 3.05) is 0 Å². The smallest absolute Gasteiger partial charge is 0.0439 e. The van der Waals surface area contributed by atoms with Crippen molar-refractivity contribution < 1.29 is 0 Å². The second-order valence-electron chi connectivity index (χ2n) is 4.36. The van der Waals surface area contributed by atoms with Gasteiger partial charge in [0.2, 0.25) is 0 Å². The standard InChI is InChI=1S/C14H15Cl2N3/c15-12-1-2-14(16)11(8-12)9-13(19-17)7-10-3-5-18-6-4-10/h1-6,8,13,19H,7,9,17H2. The molecule has 3 nitrogen and oxygen atoms in total. The third kappa shape index (κ3) is 4.18. The number of aromatic nitrogens is 1. The molecule has 0 aliphatic heterocycles. The second-order valence-corrected chi connectivity index (χ2v) is 5.21. The molecule has 0 aliphatic rings. The van der Waals surface area contributed by atoms with Crippen molar-refractivity contribution >= 4 is 23.2 Å². The van der Waals surface area contributed by atoms with Crippen LogP contribution in [0.5, 0.6) is 0 Å². The number of hydrogen-bond acceptors (Lipinski definition) is 3. The molecule has 0 fully saturated rings. The zero-order chi connectivity index (χ0) is 13.7. The summed E-state index contributed by atoms with van der Waals surface area (Å²) in [6.07, 6.45) is 5.07. The highest BCUT2D eigenvalue weighted by molar-refractivity contribution is 6.33. The van der Waals surface area contributed by atoms with Crippen LogP contribution in [-0.4, -0.2) is 11.0 Å². The molecule has 1 heterocycles. The SMILES string of the molecule is NNC(Cc1ccncc1)Cc1cc(Cl)ccc1Cl. The number of rotatable bonds is 5. The first kappa shape index (κ1) is 14.3. The fourth-order valence-electron chi connectivity index (χ4n) is 1.96. The van der Waals surface area contributed by atoms with Crippen molar-refractivity contribution in [1.29, 1.82) is 0 Å². The average Bonchev–Trinajstić information content (AvgIpc) is 2.43. The van der Waals surface area contributed by atoms with Crippen LogP contribution >= 0.6 is 23.2 Å². The summed E-state index contributed by atoms with van der Waals surface area (Å²) >= 11 is 12.1. The predicted molar refractivity (Wildman–Crippen MR) is 79.2 cm³/mol. The van der Waals surface area contributed by atoms with E-state index in [0.29, 0.717) is 10.0 Å². The Labute approximate surface area is 122 Å². The summed E-state index contributed by atoms with van der Waals surface area (Å²) in [6.45, 7) is 0. The van der Waals surface area contributed by atoms with Gasteiger partial charge in [-0.15, -0.1) is 0 Å². The third-order valence-electron chi connectivity index (χ3n) is 2.94. The molecule has 0 spiro atoms. The Kier molecular flexibility index (Phi) is 5.16. The summed E-state index contributed by atoms with van der Waals surface area (Å²) in [5, 5.41) is 1.39. The largest absolute Gasteiger partial charge is 0.271 e. The Morgan fingerprint density at radius 3 is 2.53 bits per heavy atom. The normalized spacial score (nSPS) is 12.4. The number of nitrogens with one attached hydrogen (secondary N) is 1. The summed E-state index contributed by atoms with van der Waals surface area (Å²) in [6, 6.07) is 9.51. The molecule has 5 heteroatoms. The summed E-state index contributed by atoms with van der Waals surface area (Å²) < 4.78 is 0. The van der Waals surface area contributed by atoms with E-state index in [9.17, 15) is 0 Å². The minimum absolute atomic E-state index is 0.0957. The lowest BCUT2D eigenvalue weighted by molar-refractivity contribution is 0.522. The Hall–Kier alpha value is -1.13. The molecular formula is C14H15Cl2N3. The van der Waals surface area contributed by atoms with E-state index in [1.807, 2.05) is 18.2 Å².